The van der Waals surface area contributed by atoms with E-state index in [1.807, 2.05) is 43.6 Å². The van der Waals surface area contributed by atoms with Crippen molar-refractivity contribution in [1.29, 1.82) is 0 Å². The van der Waals surface area contributed by atoms with E-state index in [0.29, 0.717) is 13.2 Å². The van der Waals surface area contributed by atoms with Gasteiger partial charge in [-0.2, -0.15) is 0 Å². The Balaban J connectivity index is 2.24. The van der Waals surface area contributed by atoms with Gasteiger partial charge in [-0.3, -0.25) is 0 Å². The summed E-state index contributed by atoms with van der Waals surface area (Å²) in [6.07, 6.45) is 4.76. The summed E-state index contributed by atoms with van der Waals surface area (Å²) in [7, 11) is 0. The monoisotopic (exact) mass is 245 g/mol. The smallest absolute Gasteiger partial charge is 0.140 e. The standard InChI is InChI=1S/C14H19N3O/c1-2-18-13-6-3-5-12(11-13)14-16-8-10-17(14)9-4-7-15/h3,5-6,8,10-11H,2,4,7,9,15H2,1H3. The van der Waals surface area contributed by atoms with Crippen molar-refractivity contribution in [2.45, 2.75) is 19.9 Å². The molecule has 0 fully saturated rings. The molecule has 4 nitrogen and oxygen atoms in total. The van der Waals surface area contributed by atoms with Crippen LogP contribution in [0.5, 0.6) is 5.75 Å². The number of hydrogen-bond acceptors (Lipinski definition) is 3. The molecule has 0 atom stereocenters. The SMILES string of the molecule is CCOc1cccc(-c2nccn2CCCN)c1. The highest BCUT2D eigenvalue weighted by Crippen LogP contribution is 2.22. The minimum Gasteiger partial charge on any atom is -0.494 e. The lowest BCUT2D eigenvalue weighted by molar-refractivity contribution is 0.340. The van der Waals surface area contributed by atoms with Gasteiger partial charge < -0.3 is 15.0 Å². The molecule has 96 valence electrons. The van der Waals surface area contributed by atoms with Gasteiger partial charge in [-0.15, -0.1) is 0 Å². The first-order valence-electron chi connectivity index (χ1n) is 6.29. The quantitative estimate of drug-likeness (QED) is 0.849. The average molecular weight is 245 g/mol. The molecule has 0 aliphatic heterocycles. The van der Waals surface area contributed by atoms with E-state index in [4.69, 9.17) is 10.5 Å². The van der Waals surface area contributed by atoms with Gasteiger partial charge in [0.05, 0.1) is 6.61 Å². The van der Waals surface area contributed by atoms with E-state index in [-0.39, 0.29) is 0 Å². The van der Waals surface area contributed by atoms with Gasteiger partial charge in [0.2, 0.25) is 0 Å². The van der Waals surface area contributed by atoms with Crippen molar-refractivity contribution in [2.24, 2.45) is 5.73 Å². The van der Waals surface area contributed by atoms with Gasteiger partial charge in [-0.25, -0.2) is 4.98 Å². The van der Waals surface area contributed by atoms with Crippen LogP contribution in [0.1, 0.15) is 13.3 Å². The lowest BCUT2D eigenvalue weighted by Crippen LogP contribution is -2.06. The van der Waals surface area contributed by atoms with Crippen LogP contribution in [0.4, 0.5) is 0 Å². The van der Waals surface area contributed by atoms with Gasteiger partial charge in [0.15, 0.2) is 0 Å². The van der Waals surface area contributed by atoms with E-state index in [9.17, 15) is 0 Å². The first kappa shape index (κ1) is 12.6. The van der Waals surface area contributed by atoms with E-state index in [0.717, 1.165) is 30.1 Å². The fraction of sp³-hybridized carbons (Fsp3) is 0.357. The van der Waals surface area contributed by atoms with Crippen molar-refractivity contribution in [3.05, 3.63) is 36.7 Å². The van der Waals surface area contributed by atoms with Crippen LogP contribution in [0.2, 0.25) is 0 Å². The molecule has 0 aliphatic rings. The van der Waals surface area contributed by atoms with Crippen LogP contribution in [0.15, 0.2) is 36.7 Å². The molecule has 0 bridgehead atoms. The van der Waals surface area contributed by atoms with Crippen LogP contribution in [-0.4, -0.2) is 22.7 Å². The maximum Gasteiger partial charge on any atom is 0.140 e. The van der Waals surface area contributed by atoms with Crippen molar-refractivity contribution < 1.29 is 4.74 Å². The van der Waals surface area contributed by atoms with Gasteiger partial charge in [0.1, 0.15) is 11.6 Å². The zero-order valence-corrected chi connectivity index (χ0v) is 10.7. The summed E-state index contributed by atoms with van der Waals surface area (Å²) in [6, 6.07) is 8.01. The van der Waals surface area contributed by atoms with Crippen LogP contribution >= 0.6 is 0 Å². The Bertz CT molecular complexity index is 493. The summed E-state index contributed by atoms with van der Waals surface area (Å²) < 4.78 is 7.63. The maximum absolute atomic E-state index is 5.54. The Morgan fingerprint density at radius 3 is 3.06 bits per heavy atom. The van der Waals surface area contributed by atoms with Crippen molar-refractivity contribution in [2.75, 3.05) is 13.2 Å². The van der Waals surface area contributed by atoms with Gasteiger partial charge >= 0.3 is 0 Å². The number of aromatic nitrogens is 2. The molecule has 1 aromatic carbocycles. The molecule has 2 rings (SSSR count). The number of hydrogen-bond donors (Lipinski definition) is 1. The number of aryl methyl sites for hydroxylation is 1. The van der Waals surface area contributed by atoms with Crippen molar-refractivity contribution in [3.8, 4) is 17.1 Å². The molecule has 1 aromatic heterocycles. The lowest BCUT2D eigenvalue weighted by atomic mass is 10.2. The molecular formula is C14H19N3O. The fourth-order valence-electron chi connectivity index (χ4n) is 1.90. The Hall–Kier alpha value is -1.81. The number of benzene rings is 1. The molecule has 0 spiro atoms. The average Bonchev–Trinajstić information content (AvgIpc) is 2.85. The van der Waals surface area contributed by atoms with Gasteiger partial charge in [0.25, 0.3) is 0 Å². The molecular weight excluding hydrogens is 226 g/mol. The summed E-state index contributed by atoms with van der Waals surface area (Å²) in [6.45, 7) is 4.24. The van der Waals surface area contributed by atoms with Crippen molar-refractivity contribution in [3.63, 3.8) is 0 Å². The van der Waals surface area contributed by atoms with Crippen LogP contribution in [0.25, 0.3) is 11.4 Å². The molecule has 0 saturated carbocycles. The molecule has 18 heavy (non-hydrogen) atoms. The van der Waals surface area contributed by atoms with Crippen LogP contribution in [0, 0.1) is 0 Å². The third-order valence-electron chi connectivity index (χ3n) is 2.72. The summed E-state index contributed by atoms with van der Waals surface area (Å²) in [5.74, 6) is 1.84. The Labute approximate surface area is 107 Å². The second-order valence-corrected chi connectivity index (χ2v) is 4.05. The summed E-state index contributed by atoms with van der Waals surface area (Å²) in [4.78, 5) is 4.41. The van der Waals surface area contributed by atoms with E-state index < -0.39 is 0 Å². The Morgan fingerprint density at radius 1 is 1.39 bits per heavy atom. The fourth-order valence-corrected chi connectivity index (χ4v) is 1.90. The topological polar surface area (TPSA) is 53.1 Å². The summed E-state index contributed by atoms with van der Waals surface area (Å²) >= 11 is 0. The third-order valence-corrected chi connectivity index (χ3v) is 2.72. The summed E-state index contributed by atoms with van der Waals surface area (Å²) in [5.41, 5.74) is 6.62. The third kappa shape index (κ3) is 2.90. The molecule has 0 unspecified atom stereocenters. The first-order valence-corrected chi connectivity index (χ1v) is 6.29. The second kappa shape index (κ2) is 6.21. The minimum absolute atomic E-state index is 0.672. The number of ether oxygens (including phenoxy) is 1. The number of nitrogens with zero attached hydrogens (tertiary/aromatic N) is 2. The minimum atomic E-state index is 0.672. The normalized spacial score (nSPS) is 10.6. The van der Waals surface area contributed by atoms with Crippen molar-refractivity contribution >= 4 is 0 Å². The number of rotatable bonds is 6. The predicted octanol–water partition coefficient (Wildman–Crippen LogP) is 2.30. The van der Waals surface area contributed by atoms with Gasteiger partial charge in [0, 0.05) is 24.5 Å². The molecule has 4 heteroatoms. The summed E-state index contributed by atoms with van der Waals surface area (Å²) in [5, 5.41) is 0. The zero-order valence-electron chi connectivity index (χ0n) is 10.7. The first-order chi connectivity index (χ1) is 8.85. The van der Waals surface area contributed by atoms with E-state index in [1.165, 1.54) is 0 Å². The Morgan fingerprint density at radius 2 is 2.28 bits per heavy atom. The van der Waals surface area contributed by atoms with E-state index >= 15 is 0 Å². The van der Waals surface area contributed by atoms with E-state index in [2.05, 4.69) is 9.55 Å². The molecule has 2 aromatic rings. The Kier molecular flexibility index (Phi) is 4.36. The molecule has 0 saturated heterocycles. The highest BCUT2D eigenvalue weighted by Gasteiger charge is 2.06. The van der Waals surface area contributed by atoms with E-state index in [1.54, 1.807) is 0 Å². The molecule has 0 aliphatic carbocycles. The number of imidazole rings is 1. The highest BCUT2D eigenvalue weighted by molar-refractivity contribution is 5.58. The van der Waals surface area contributed by atoms with Crippen LogP contribution in [-0.2, 0) is 6.54 Å². The molecule has 0 radical (unpaired) electrons. The van der Waals surface area contributed by atoms with Gasteiger partial charge in [-0.1, -0.05) is 12.1 Å². The van der Waals surface area contributed by atoms with Gasteiger partial charge in [-0.05, 0) is 32.0 Å². The molecule has 0 amide bonds. The second-order valence-electron chi connectivity index (χ2n) is 4.05. The molecule has 2 N–H and O–H groups in total. The van der Waals surface area contributed by atoms with Crippen LogP contribution in [0.3, 0.4) is 0 Å². The largest absolute Gasteiger partial charge is 0.494 e. The van der Waals surface area contributed by atoms with Crippen LogP contribution < -0.4 is 10.5 Å². The maximum atomic E-state index is 5.54. The highest BCUT2D eigenvalue weighted by atomic mass is 16.5. The predicted molar refractivity (Wildman–Crippen MR) is 72.5 cm³/mol. The zero-order chi connectivity index (χ0) is 12.8. The molecule has 1 heterocycles. The van der Waals surface area contributed by atoms with Crippen molar-refractivity contribution in [1.82, 2.24) is 9.55 Å². The lowest BCUT2D eigenvalue weighted by Gasteiger charge is -2.09. The number of nitrogens with two attached hydrogens (primary N) is 1.